The first-order chi connectivity index (χ1) is 11.0. The van der Waals surface area contributed by atoms with Crippen LogP contribution >= 0.6 is 23.2 Å². The predicted octanol–water partition coefficient (Wildman–Crippen LogP) is 4.59. The van der Waals surface area contributed by atoms with Gasteiger partial charge in [0.25, 0.3) is 0 Å². The fraction of sp³-hybridized carbons (Fsp3) is 0.0556. The number of nitrogens with zero attached hydrogens (tertiary/aromatic N) is 1. The van der Waals surface area contributed by atoms with Gasteiger partial charge in [-0.2, -0.15) is 0 Å². The summed E-state index contributed by atoms with van der Waals surface area (Å²) >= 11 is 12.0. The molecule has 0 fully saturated rings. The molecular formula is C18H11Cl2NO2. The van der Waals surface area contributed by atoms with Crippen LogP contribution in [0.5, 0.6) is 0 Å². The van der Waals surface area contributed by atoms with E-state index in [1.54, 1.807) is 24.3 Å². The zero-order valence-corrected chi connectivity index (χ0v) is 13.6. The topological polar surface area (TPSA) is 42.2 Å². The number of aromatic nitrogens is 1. The summed E-state index contributed by atoms with van der Waals surface area (Å²) in [4.78, 5) is 10.9. The van der Waals surface area contributed by atoms with Gasteiger partial charge in [0.1, 0.15) is 0 Å². The molecule has 0 aliphatic carbocycles. The number of carboxylic acids is 1. The van der Waals surface area contributed by atoms with Gasteiger partial charge in [0.2, 0.25) is 0 Å². The second-order valence-electron chi connectivity index (χ2n) is 5.01. The van der Waals surface area contributed by atoms with E-state index in [1.807, 2.05) is 29.8 Å². The number of halogens is 2. The van der Waals surface area contributed by atoms with Gasteiger partial charge in [-0.05, 0) is 35.9 Å². The minimum absolute atomic E-state index is 0.573. The molecule has 114 valence electrons. The van der Waals surface area contributed by atoms with E-state index in [9.17, 15) is 4.79 Å². The SMILES string of the molecule is Cn1c(-c2ccc(Cl)cc2)c(C#CC(=O)O)c2cc(Cl)ccc21. The maximum Gasteiger partial charge on any atom is 0.382 e. The lowest BCUT2D eigenvalue weighted by molar-refractivity contribution is -0.130. The van der Waals surface area contributed by atoms with Crippen LogP contribution in [0.3, 0.4) is 0 Å². The Morgan fingerprint density at radius 1 is 1.09 bits per heavy atom. The Bertz CT molecular complexity index is 976. The van der Waals surface area contributed by atoms with Crippen LogP contribution in [0, 0.1) is 11.8 Å². The number of rotatable bonds is 1. The minimum atomic E-state index is -1.17. The summed E-state index contributed by atoms with van der Waals surface area (Å²) in [5.41, 5.74) is 3.29. The molecule has 0 radical (unpaired) electrons. The van der Waals surface area contributed by atoms with E-state index < -0.39 is 5.97 Å². The Labute approximate surface area is 143 Å². The number of aryl methyl sites for hydroxylation is 1. The molecule has 0 spiro atoms. The lowest BCUT2D eigenvalue weighted by Gasteiger charge is -2.05. The third kappa shape index (κ3) is 2.92. The number of benzene rings is 2. The first-order valence-electron chi connectivity index (χ1n) is 6.76. The smallest absolute Gasteiger partial charge is 0.382 e. The van der Waals surface area contributed by atoms with Crippen LogP contribution in [0.1, 0.15) is 5.56 Å². The lowest BCUT2D eigenvalue weighted by Crippen LogP contribution is -1.93. The Balaban J connectivity index is 2.37. The van der Waals surface area contributed by atoms with Crippen LogP contribution in [0.15, 0.2) is 42.5 Å². The normalized spacial score (nSPS) is 10.4. The van der Waals surface area contributed by atoms with Crippen LogP contribution in [0.25, 0.3) is 22.2 Å². The van der Waals surface area contributed by atoms with E-state index in [-0.39, 0.29) is 0 Å². The quantitative estimate of drug-likeness (QED) is 0.656. The number of carbonyl (C=O) groups is 1. The number of aliphatic carboxylic acids is 1. The highest BCUT2D eigenvalue weighted by atomic mass is 35.5. The lowest BCUT2D eigenvalue weighted by atomic mass is 10.1. The van der Waals surface area contributed by atoms with E-state index >= 15 is 0 Å². The molecule has 0 bridgehead atoms. The van der Waals surface area contributed by atoms with Gasteiger partial charge in [-0.25, -0.2) is 4.79 Å². The molecule has 5 heteroatoms. The summed E-state index contributed by atoms with van der Waals surface area (Å²) in [6, 6.07) is 12.8. The number of hydrogen-bond acceptors (Lipinski definition) is 1. The van der Waals surface area contributed by atoms with Crippen molar-refractivity contribution in [2.24, 2.45) is 7.05 Å². The average molecular weight is 344 g/mol. The number of hydrogen-bond donors (Lipinski definition) is 1. The van der Waals surface area contributed by atoms with Gasteiger partial charge in [0, 0.05) is 33.9 Å². The van der Waals surface area contributed by atoms with Gasteiger partial charge >= 0.3 is 5.97 Å². The molecule has 1 aromatic heterocycles. The van der Waals surface area contributed by atoms with Crippen molar-refractivity contribution in [1.29, 1.82) is 0 Å². The molecule has 0 saturated carbocycles. The molecule has 3 aromatic rings. The summed E-state index contributed by atoms with van der Waals surface area (Å²) in [6.07, 6.45) is 0. The van der Waals surface area contributed by atoms with Crippen molar-refractivity contribution in [2.45, 2.75) is 0 Å². The van der Waals surface area contributed by atoms with Crippen LogP contribution in [-0.2, 0) is 11.8 Å². The molecule has 1 N–H and O–H groups in total. The molecule has 2 aromatic carbocycles. The van der Waals surface area contributed by atoms with Crippen molar-refractivity contribution < 1.29 is 9.90 Å². The Hall–Kier alpha value is -2.41. The van der Waals surface area contributed by atoms with Crippen molar-refractivity contribution in [3.05, 3.63) is 58.1 Å². The summed E-state index contributed by atoms with van der Waals surface area (Å²) in [7, 11) is 1.91. The van der Waals surface area contributed by atoms with E-state index in [4.69, 9.17) is 28.3 Å². The van der Waals surface area contributed by atoms with Crippen LogP contribution in [-0.4, -0.2) is 15.6 Å². The van der Waals surface area contributed by atoms with Crippen molar-refractivity contribution in [2.75, 3.05) is 0 Å². The molecule has 0 atom stereocenters. The maximum atomic E-state index is 10.9. The Morgan fingerprint density at radius 3 is 2.39 bits per heavy atom. The molecule has 0 aliphatic heterocycles. The highest BCUT2D eigenvalue weighted by molar-refractivity contribution is 6.31. The van der Waals surface area contributed by atoms with Crippen LogP contribution in [0.2, 0.25) is 10.0 Å². The molecule has 23 heavy (non-hydrogen) atoms. The summed E-state index contributed by atoms with van der Waals surface area (Å²) in [6.45, 7) is 0. The molecule has 1 heterocycles. The third-order valence-electron chi connectivity index (χ3n) is 3.57. The van der Waals surface area contributed by atoms with Crippen molar-refractivity contribution in [1.82, 2.24) is 4.57 Å². The van der Waals surface area contributed by atoms with Gasteiger partial charge in [-0.15, -0.1) is 0 Å². The first kappa shape index (κ1) is 15.5. The predicted molar refractivity (Wildman–Crippen MR) is 92.9 cm³/mol. The molecule has 0 aliphatic rings. The molecule has 0 unspecified atom stereocenters. The fourth-order valence-electron chi connectivity index (χ4n) is 2.60. The monoisotopic (exact) mass is 343 g/mol. The molecule has 3 rings (SSSR count). The van der Waals surface area contributed by atoms with E-state index in [0.29, 0.717) is 15.6 Å². The molecule has 3 nitrogen and oxygen atoms in total. The average Bonchev–Trinajstić information content (AvgIpc) is 2.78. The minimum Gasteiger partial charge on any atom is -0.472 e. The van der Waals surface area contributed by atoms with Gasteiger partial charge in [0.15, 0.2) is 0 Å². The molecule has 0 saturated heterocycles. The van der Waals surface area contributed by atoms with Gasteiger partial charge in [-0.3, -0.25) is 0 Å². The third-order valence-corrected chi connectivity index (χ3v) is 4.06. The second kappa shape index (κ2) is 6.00. The Morgan fingerprint density at radius 2 is 1.74 bits per heavy atom. The zero-order valence-electron chi connectivity index (χ0n) is 12.1. The summed E-state index contributed by atoms with van der Waals surface area (Å²) in [5.74, 6) is 3.77. The van der Waals surface area contributed by atoms with Crippen molar-refractivity contribution in [3.8, 4) is 23.1 Å². The van der Waals surface area contributed by atoms with Crippen molar-refractivity contribution >= 4 is 40.1 Å². The number of carboxylic acid groups (broad SMARTS) is 1. The van der Waals surface area contributed by atoms with E-state index in [1.165, 1.54) is 0 Å². The van der Waals surface area contributed by atoms with Gasteiger partial charge in [-0.1, -0.05) is 41.3 Å². The van der Waals surface area contributed by atoms with E-state index in [2.05, 4.69) is 11.8 Å². The highest BCUT2D eigenvalue weighted by Gasteiger charge is 2.16. The second-order valence-corrected chi connectivity index (χ2v) is 5.88. The van der Waals surface area contributed by atoms with Crippen LogP contribution < -0.4 is 0 Å². The number of fused-ring (bicyclic) bond motifs is 1. The van der Waals surface area contributed by atoms with Crippen molar-refractivity contribution in [3.63, 3.8) is 0 Å². The molecular weight excluding hydrogens is 333 g/mol. The summed E-state index contributed by atoms with van der Waals surface area (Å²) < 4.78 is 1.97. The first-order valence-corrected chi connectivity index (χ1v) is 7.52. The fourth-order valence-corrected chi connectivity index (χ4v) is 2.90. The highest BCUT2D eigenvalue weighted by Crippen LogP contribution is 2.34. The summed E-state index contributed by atoms with van der Waals surface area (Å²) in [5, 5.41) is 10.9. The zero-order chi connectivity index (χ0) is 16.6. The largest absolute Gasteiger partial charge is 0.472 e. The maximum absolute atomic E-state index is 10.9. The Kier molecular flexibility index (Phi) is 4.04. The van der Waals surface area contributed by atoms with Gasteiger partial charge in [0.05, 0.1) is 11.3 Å². The standard InChI is InChI=1S/C18H11Cl2NO2/c1-21-16-8-6-13(20)10-15(16)14(7-9-17(22)23)18(21)11-2-4-12(19)5-3-11/h2-6,8,10H,1H3,(H,22,23). The van der Waals surface area contributed by atoms with Crippen LogP contribution in [0.4, 0.5) is 0 Å². The molecule has 0 amide bonds. The van der Waals surface area contributed by atoms with E-state index in [0.717, 1.165) is 22.2 Å². The van der Waals surface area contributed by atoms with Gasteiger partial charge < -0.3 is 9.67 Å².